The maximum atomic E-state index is 8.83. The largest absolute Gasteiger partial charge is 0.396 e. The summed E-state index contributed by atoms with van der Waals surface area (Å²) in [6.07, 6.45) is 2.96. The van der Waals surface area contributed by atoms with Crippen LogP contribution in [-0.4, -0.2) is 51.7 Å². The molecule has 0 bridgehead atoms. The minimum absolute atomic E-state index is 0.285. The van der Waals surface area contributed by atoms with Crippen molar-refractivity contribution in [2.45, 2.75) is 26.2 Å². The van der Waals surface area contributed by atoms with Crippen molar-refractivity contribution < 1.29 is 14.6 Å². The van der Waals surface area contributed by atoms with Gasteiger partial charge < -0.3 is 19.9 Å². The molecule has 98 valence electrons. The third-order valence-corrected chi connectivity index (χ3v) is 2.61. The van der Waals surface area contributed by atoms with Crippen LogP contribution in [0.3, 0.4) is 0 Å². The van der Waals surface area contributed by atoms with E-state index in [0.717, 1.165) is 52.2 Å². The number of ether oxygens (including phenoxy) is 2. The summed E-state index contributed by atoms with van der Waals surface area (Å²) in [5, 5.41) is 12.2. The van der Waals surface area contributed by atoms with Gasteiger partial charge in [-0.3, -0.25) is 0 Å². The van der Waals surface area contributed by atoms with Crippen LogP contribution >= 0.6 is 0 Å². The average molecular weight is 233 g/mol. The quantitative estimate of drug-likeness (QED) is 0.495. The fraction of sp³-hybridized carbons (Fsp3) is 1.00. The first-order valence-electron chi connectivity index (χ1n) is 6.23. The van der Waals surface area contributed by atoms with E-state index in [-0.39, 0.29) is 6.61 Å². The molecule has 0 aliphatic heterocycles. The van der Waals surface area contributed by atoms with Crippen molar-refractivity contribution in [3.63, 3.8) is 0 Å². The molecule has 4 nitrogen and oxygen atoms in total. The molecule has 16 heavy (non-hydrogen) atoms. The van der Waals surface area contributed by atoms with Gasteiger partial charge in [-0.25, -0.2) is 0 Å². The van der Waals surface area contributed by atoms with Crippen LogP contribution in [0.4, 0.5) is 0 Å². The Labute approximate surface area is 99.3 Å². The van der Waals surface area contributed by atoms with Crippen molar-refractivity contribution in [2.24, 2.45) is 5.92 Å². The van der Waals surface area contributed by atoms with Crippen LogP contribution in [0, 0.1) is 5.92 Å². The molecule has 4 heteroatoms. The molecule has 0 spiro atoms. The van der Waals surface area contributed by atoms with Gasteiger partial charge >= 0.3 is 0 Å². The van der Waals surface area contributed by atoms with Gasteiger partial charge in [-0.2, -0.15) is 0 Å². The van der Waals surface area contributed by atoms with Crippen LogP contribution in [0.25, 0.3) is 0 Å². The van der Waals surface area contributed by atoms with Crippen molar-refractivity contribution in [1.82, 2.24) is 5.32 Å². The van der Waals surface area contributed by atoms with E-state index in [1.807, 2.05) is 0 Å². The molecule has 0 aromatic carbocycles. The molecule has 0 radical (unpaired) electrons. The summed E-state index contributed by atoms with van der Waals surface area (Å²) in [6, 6.07) is 0. The van der Waals surface area contributed by atoms with Gasteiger partial charge in [-0.05, 0) is 25.3 Å². The molecule has 1 unspecified atom stereocenters. The summed E-state index contributed by atoms with van der Waals surface area (Å²) in [5.74, 6) is 0.582. The fourth-order valence-electron chi connectivity index (χ4n) is 1.49. The molecule has 2 N–H and O–H groups in total. The molecule has 0 aliphatic rings. The Balaban J connectivity index is 3.12. The SMILES string of the molecule is CCC(CCO)CNCCOCCCOC. The first kappa shape index (κ1) is 15.8. The van der Waals surface area contributed by atoms with Gasteiger partial charge in [0.1, 0.15) is 0 Å². The Hall–Kier alpha value is -0.160. The lowest BCUT2D eigenvalue weighted by molar-refractivity contribution is 0.103. The normalized spacial score (nSPS) is 12.9. The molecule has 0 heterocycles. The molecule has 0 aliphatic carbocycles. The number of rotatable bonds is 12. The predicted octanol–water partition coefficient (Wildman–Crippen LogP) is 1.04. The van der Waals surface area contributed by atoms with Crippen molar-refractivity contribution in [3.8, 4) is 0 Å². The smallest absolute Gasteiger partial charge is 0.0590 e. The van der Waals surface area contributed by atoms with Gasteiger partial charge in [0.25, 0.3) is 0 Å². The molecule has 0 aromatic heterocycles. The van der Waals surface area contributed by atoms with E-state index in [4.69, 9.17) is 14.6 Å². The first-order chi connectivity index (χ1) is 7.85. The minimum Gasteiger partial charge on any atom is -0.396 e. The zero-order chi connectivity index (χ0) is 12.1. The van der Waals surface area contributed by atoms with Gasteiger partial charge in [-0.15, -0.1) is 0 Å². The fourth-order valence-corrected chi connectivity index (χ4v) is 1.49. The Morgan fingerprint density at radius 3 is 2.69 bits per heavy atom. The molecule has 0 aromatic rings. The zero-order valence-corrected chi connectivity index (χ0v) is 10.7. The van der Waals surface area contributed by atoms with Crippen molar-refractivity contribution in [2.75, 3.05) is 46.6 Å². The third kappa shape index (κ3) is 10.4. The zero-order valence-electron chi connectivity index (χ0n) is 10.7. The van der Waals surface area contributed by atoms with Gasteiger partial charge in [0, 0.05) is 33.5 Å². The first-order valence-corrected chi connectivity index (χ1v) is 6.23. The second-order valence-corrected chi connectivity index (χ2v) is 3.95. The van der Waals surface area contributed by atoms with E-state index < -0.39 is 0 Å². The highest BCUT2D eigenvalue weighted by Gasteiger charge is 2.03. The molecule has 1 atom stereocenters. The maximum absolute atomic E-state index is 8.83. The molecule has 0 amide bonds. The summed E-state index contributed by atoms with van der Waals surface area (Å²) < 4.78 is 10.3. The number of hydrogen-bond acceptors (Lipinski definition) is 4. The second-order valence-electron chi connectivity index (χ2n) is 3.95. The number of aliphatic hydroxyl groups excluding tert-OH is 1. The molecular formula is C12H27NO3. The van der Waals surface area contributed by atoms with E-state index in [1.54, 1.807) is 7.11 Å². The Bertz CT molecular complexity index is 133. The highest BCUT2D eigenvalue weighted by atomic mass is 16.5. The van der Waals surface area contributed by atoms with Crippen LogP contribution in [0.5, 0.6) is 0 Å². The summed E-state index contributed by atoms with van der Waals surface area (Å²) in [5.41, 5.74) is 0. The summed E-state index contributed by atoms with van der Waals surface area (Å²) >= 11 is 0. The lowest BCUT2D eigenvalue weighted by Crippen LogP contribution is -2.26. The standard InChI is InChI=1S/C12H27NO3/c1-3-12(5-7-14)11-13-6-10-16-9-4-8-15-2/h12-14H,3-11H2,1-2H3. The van der Waals surface area contributed by atoms with Crippen LogP contribution in [0.15, 0.2) is 0 Å². The highest BCUT2D eigenvalue weighted by molar-refractivity contribution is 4.59. The Morgan fingerprint density at radius 1 is 1.25 bits per heavy atom. The van der Waals surface area contributed by atoms with Crippen molar-refractivity contribution >= 4 is 0 Å². The number of hydrogen-bond donors (Lipinski definition) is 2. The van der Waals surface area contributed by atoms with Gasteiger partial charge in [-0.1, -0.05) is 13.3 Å². The third-order valence-electron chi connectivity index (χ3n) is 2.61. The number of methoxy groups -OCH3 is 1. The molecular weight excluding hydrogens is 206 g/mol. The van der Waals surface area contributed by atoms with Gasteiger partial charge in [0.2, 0.25) is 0 Å². The van der Waals surface area contributed by atoms with E-state index in [0.29, 0.717) is 5.92 Å². The van der Waals surface area contributed by atoms with Crippen LogP contribution < -0.4 is 5.32 Å². The lowest BCUT2D eigenvalue weighted by atomic mass is 10.0. The molecule has 0 saturated carbocycles. The van der Waals surface area contributed by atoms with Crippen molar-refractivity contribution in [3.05, 3.63) is 0 Å². The summed E-state index contributed by atoms with van der Waals surface area (Å²) in [4.78, 5) is 0. The maximum Gasteiger partial charge on any atom is 0.0590 e. The Kier molecular flexibility index (Phi) is 12.8. The minimum atomic E-state index is 0.285. The van der Waals surface area contributed by atoms with Crippen LogP contribution in [0.2, 0.25) is 0 Å². The second kappa shape index (κ2) is 12.9. The van der Waals surface area contributed by atoms with E-state index in [9.17, 15) is 0 Å². The van der Waals surface area contributed by atoms with Gasteiger partial charge in [0.15, 0.2) is 0 Å². The molecule has 0 rings (SSSR count). The lowest BCUT2D eigenvalue weighted by Gasteiger charge is -2.14. The number of nitrogens with one attached hydrogen (secondary N) is 1. The van der Waals surface area contributed by atoms with Crippen LogP contribution in [-0.2, 0) is 9.47 Å². The van der Waals surface area contributed by atoms with Crippen molar-refractivity contribution in [1.29, 1.82) is 0 Å². The summed E-state index contributed by atoms with van der Waals surface area (Å²) in [6.45, 7) is 6.58. The number of aliphatic hydroxyl groups is 1. The molecule has 0 fully saturated rings. The van der Waals surface area contributed by atoms with Crippen LogP contribution in [0.1, 0.15) is 26.2 Å². The monoisotopic (exact) mass is 233 g/mol. The summed E-state index contributed by atoms with van der Waals surface area (Å²) in [7, 11) is 1.70. The predicted molar refractivity (Wildman–Crippen MR) is 65.7 cm³/mol. The molecule has 0 saturated heterocycles. The van der Waals surface area contributed by atoms with Gasteiger partial charge in [0.05, 0.1) is 6.61 Å². The van der Waals surface area contributed by atoms with E-state index in [2.05, 4.69) is 12.2 Å². The average Bonchev–Trinajstić information content (AvgIpc) is 2.31. The Morgan fingerprint density at radius 2 is 2.06 bits per heavy atom. The highest BCUT2D eigenvalue weighted by Crippen LogP contribution is 2.04. The van der Waals surface area contributed by atoms with E-state index >= 15 is 0 Å². The van der Waals surface area contributed by atoms with E-state index in [1.165, 1.54) is 0 Å². The topological polar surface area (TPSA) is 50.7 Å².